The van der Waals surface area contributed by atoms with Gasteiger partial charge in [-0.3, -0.25) is 0 Å². The average Bonchev–Trinajstić information content (AvgIpc) is 2.62. The second kappa shape index (κ2) is 5.63. The molecule has 0 radical (unpaired) electrons. The average molecular weight is 248 g/mol. The Hall–Kier alpha value is -1.62. The van der Waals surface area contributed by atoms with Gasteiger partial charge in [0.1, 0.15) is 0 Å². The largest absolute Gasteiger partial charge is 0.405 e. The maximum absolute atomic E-state index is 12.2. The zero-order valence-corrected chi connectivity index (χ0v) is 9.08. The van der Waals surface area contributed by atoms with Gasteiger partial charge in [0.2, 0.25) is 5.89 Å². The minimum Gasteiger partial charge on any atom is -0.339 e. The van der Waals surface area contributed by atoms with Crippen LogP contribution in [0.15, 0.2) is 4.52 Å². The van der Waals surface area contributed by atoms with E-state index in [0.717, 1.165) is 0 Å². The van der Waals surface area contributed by atoms with Gasteiger partial charge in [-0.25, -0.2) is 0 Å². The molecule has 5 nitrogen and oxygen atoms in total. The molecule has 1 aromatic heterocycles. The molecular formula is C9H11F3N4O. The lowest BCUT2D eigenvalue weighted by Gasteiger charge is -2.13. The van der Waals surface area contributed by atoms with E-state index in [-0.39, 0.29) is 6.54 Å². The summed E-state index contributed by atoms with van der Waals surface area (Å²) in [5, 5.41) is 14.4. The molecule has 0 aliphatic rings. The van der Waals surface area contributed by atoms with Gasteiger partial charge in [-0.1, -0.05) is 5.16 Å². The van der Waals surface area contributed by atoms with Gasteiger partial charge in [0.05, 0.1) is 6.07 Å². The van der Waals surface area contributed by atoms with Gasteiger partial charge in [0.25, 0.3) is 0 Å². The van der Waals surface area contributed by atoms with Crippen molar-refractivity contribution in [3.63, 3.8) is 0 Å². The fraction of sp³-hybridized carbons (Fsp3) is 0.667. The van der Waals surface area contributed by atoms with Crippen LogP contribution in [0.4, 0.5) is 13.2 Å². The predicted octanol–water partition coefficient (Wildman–Crippen LogP) is 1.21. The monoisotopic (exact) mass is 248 g/mol. The van der Waals surface area contributed by atoms with Crippen molar-refractivity contribution in [3.05, 3.63) is 11.7 Å². The first-order valence-corrected chi connectivity index (χ1v) is 4.89. The van der Waals surface area contributed by atoms with Crippen LogP contribution in [0.2, 0.25) is 0 Å². The number of nitrogens with zero attached hydrogens (tertiary/aromatic N) is 3. The maximum Gasteiger partial charge on any atom is 0.405 e. The number of hydrogen-bond acceptors (Lipinski definition) is 5. The summed E-state index contributed by atoms with van der Waals surface area (Å²) in [6, 6.07) is 1.21. The summed E-state index contributed by atoms with van der Waals surface area (Å²) in [6.45, 7) is 1.46. The van der Waals surface area contributed by atoms with Crippen LogP contribution in [0, 0.1) is 24.2 Å². The number of aryl methyl sites for hydroxylation is 1. The quantitative estimate of drug-likeness (QED) is 0.793. The number of halogens is 3. The van der Waals surface area contributed by atoms with Crippen LogP contribution >= 0.6 is 0 Å². The Balaban J connectivity index is 2.26. The molecule has 0 bridgehead atoms. The summed E-state index contributed by atoms with van der Waals surface area (Å²) in [4.78, 5) is 3.89. The van der Waals surface area contributed by atoms with Crippen LogP contribution in [0.3, 0.4) is 0 Å². The van der Waals surface area contributed by atoms with Gasteiger partial charge in [0, 0.05) is 19.5 Å². The standard InChI is InChI=1S/C9H11F3N4O/c1-6-15-8(17-16-6)2-3-14-5-7(4-13)9(10,11)12/h7,14H,2-3,5H2,1H3. The third-order valence-corrected chi connectivity index (χ3v) is 1.98. The third kappa shape index (κ3) is 4.40. The number of nitrogens with one attached hydrogen (secondary N) is 1. The number of rotatable bonds is 5. The minimum absolute atomic E-state index is 0.246. The Morgan fingerprint density at radius 3 is 2.71 bits per heavy atom. The highest BCUT2D eigenvalue weighted by atomic mass is 19.4. The van der Waals surface area contributed by atoms with Gasteiger partial charge in [-0.15, -0.1) is 0 Å². The number of hydrogen-bond donors (Lipinski definition) is 1. The van der Waals surface area contributed by atoms with Crippen LogP contribution in [-0.2, 0) is 6.42 Å². The predicted molar refractivity (Wildman–Crippen MR) is 50.8 cm³/mol. The van der Waals surface area contributed by atoms with E-state index in [0.29, 0.717) is 18.1 Å². The molecule has 8 heteroatoms. The van der Waals surface area contributed by atoms with Crippen molar-refractivity contribution < 1.29 is 17.7 Å². The molecule has 0 aromatic carbocycles. The molecule has 0 saturated carbocycles. The molecule has 0 aliphatic carbocycles. The molecule has 17 heavy (non-hydrogen) atoms. The summed E-state index contributed by atoms with van der Waals surface area (Å²) in [7, 11) is 0. The lowest BCUT2D eigenvalue weighted by molar-refractivity contribution is -0.157. The molecule has 0 spiro atoms. The van der Waals surface area contributed by atoms with E-state index in [9.17, 15) is 13.2 Å². The molecule has 0 aliphatic heterocycles. The van der Waals surface area contributed by atoms with Gasteiger partial charge >= 0.3 is 6.18 Å². The fourth-order valence-corrected chi connectivity index (χ4v) is 1.12. The summed E-state index contributed by atoms with van der Waals surface area (Å²) >= 11 is 0. The van der Waals surface area contributed by atoms with Crippen molar-refractivity contribution in [1.82, 2.24) is 15.5 Å². The van der Waals surface area contributed by atoms with Crippen molar-refractivity contribution in [2.45, 2.75) is 19.5 Å². The summed E-state index contributed by atoms with van der Waals surface area (Å²) in [5.74, 6) is -1.16. The Morgan fingerprint density at radius 2 is 2.24 bits per heavy atom. The first-order valence-electron chi connectivity index (χ1n) is 4.89. The molecule has 1 atom stereocenters. The summed E-state index contributed by atoms with van der Waals surface area (Å²) in [6.07, 6.45) is -4.17. The van der Waals surface area contributed by atoms with Crippen LogP contribution < -0.4 is 5.32 Å². The Kier molecular flexibility index (Phi) is 4.45. The van der Waals surface area contributed by atoms with E-state index < -0.39 is 18.6 Å². The van der Waals surface area contributed by atoms with Crippen molar-refractivity contribution >= 4 is 0 Å². The molecule has 1 unspecified atom stereocenters. The molecule has 94 valence electrons. The first kappa shape index (κ1) is 13.4. The third-order valence-electron chi connectivity index (χ3n) is 1.98. The molecular weight excluding hydrogens is 237 g/mol. The lowest BCUT2D eigenvalue weighted by Crippen LogP contribution is -2.33. The molecule has 1 aromatic rings. The van der Waals surface area contributed by atoms with E-state index in [4.69, 9.17) is 9.78 Å². The normalized spacial score (nSPS) is 13.4. The van der Waals surface area contributed by atoms with Crippen molar-refractivity contribution in [2.24, 2.45) is 5.92 Å². The van der Waals surface area contributed by atoms with Crippen LogP contribution in [0.5, 0.6) is 0 Å². The summed E-state index contributed by atoms with van der Waals surface area (Å²) < 4.78 is 41.3. The fourth-order valence-electron chi connectivity index (χ4n) is 1.12. The zero-order valence-electron chi connectivity index (χ0n) is 9.08. The van der Waals surface area contributed by atoms with Gasteiger partial charge in [-0.05, 0) is 6.92 Å². The highest BCUT2D eigenvalue weighted by molar-refractivity contribution is 4.90. The highest BCUT2D eigenvalue weighted by Crippen LogP contribution is 2.24. The van der Waals surface area contributed by atoms with E-state index in [1.54, 1.807) is 6.92 Å². The summed E-state index contributed by atoms with van der Waals surface area (Å²) in [5.41, 5.74) is 0. The smallest absolute Gasteiger partial charge is 0.339 e. The lowest BCUT2D eigenvalue weighted by atomic mass is 10.1. The molecule has 0 fully saturated rings. The maximum atomic E-state index is 12.2. The second-order valence-corrected chi connectivity index (χ2v) is 3.41. The Morgan fingerprint density at radius 1 is 1.53 bits per heavy atom. The van der Waals surface area contributed by atoms with Gasteiger partial charge in [0.15, 0.2) is 11.7 Å². The van der Waals surface area contributed by atoms with Crippen molar-refractivity contribution in [1.29, 1.82) is 5.26 Å². The van der Waals surface area contributed by atoms with Crippen LogP contribution in [-0.4, -0.2) is 29.4 Å². The van der Waals surface area contributed by atoms with E-state index in [1.165, 1.54) is 6.07 Å². The second-order valence-electron chi connectivity index (χ2n) is 3.41. The van der Waals surface area contributed by atoms with E-state index >= 15 is 0 Å². The molecule has 0 amide bonds. The van der Waals surface area contributed by atoms with Gasteiger partial charge < -0.3 is 9.84 Å². The highest BCUT2D eigenvalue weighted by Gasteiger charge is 2.39. The molecule has 1 heterocycles. The SMILES string of the molecule is Cc1noc(CCNCC(C#N)C(F)(F)F)n1. The Labute approximate surface area is 95.6 Å². The molecule has 1 rings (SSSR count). The minimum atomic E-state index is -4.50. The number of aromatic nitrogens is 2. The van der Waals surface area contributed by atoms with Crippen molar-refractivity contribution in [3.8, 4) is 6.07 Å². The topological polar surface area (TPSA) is 74.7 Å². The number of nitriles is 1. The van der Waals surface area contributed by atoms with Gasteiger partial charge in [-0.2, -0.15) is 23.4 Å². The zero-order chi connectivity index (χ0) is 12.9. The van der Waals surface area contributed by atoms with Crippen molar-refractivity contribution in [2.75, 3.05) is 13.1 Å². The molecule has 0 saturated heterocycles. The first-order chi connectivity index (χ1) is 7.93. The van der Waals surface area contributed by atoms with E-state index in [2.05, 4.69) is 15.5 Å². The van der Waals surface area contributed by atoms with Crippen LogP contribution in [0.25, 0.3) is 0 Å². The number of alkyl halides is 3. The van der Waals surface area contributed by atoms with E-state index in [1.807, 2.05) is 0 Å². The Bertz CT molecular complexity index is 396. The molecule has 1 N–H and O–H groups in total. The van der Waals surface area contributed by atoms with Crippen LogP contribution in [0.1, 0.15) is 11.7 Å².